The van der Waals surface area contributed by atoms with E-state index in [4.69, 9.17) is 20.6 Å². The Labute approximate surface area is 243 Å². The standard InChI is InChI=1S/C33H29N5O4/c1-3-19-41-32-21-27-26(20-31(32)40-2)33(35-22-34-27)36-15-17-37(18-16-36)38(23-39)28-12-6-7-13-30(28)42-29-14-8-10-24-9-4-5-11-25(24)29/h1,4-14,20-23H,15-19H2,2H3. The average molecular weight is 560 g/mol. The van der Waals surface area contributed by atoms with E-state index in [1.165, 1.54) is 0 Å². The lowest BCUT2D eigenvalue weighted by Crippen LogP contribution is -2.54. The van der Waals surface area contributed by atoms with Gasteiger partial charge in [0.1, 0.15) is 30.2 Å². The summed E-state index contributed by atoms with van der Waals surface area (Å²) in [5.41, 5.74) is 1.40. The largest absolute Gasteiger partial charge is 0.493 e. The lowest BCUT2D eigenvalue weighted by atomic mass is 10.1. The Morgan fingerprint density at radius 2 is 1.64 bits per heavy atom. The highest BCUT2D eigenvalue weighted by Crippen LogP contribution is 2.37. The number of hydrogen-bond donors (Lipinski definition) is 0. The van der Waals surface area contributed by atoms with E-state index in [2.05, 4.69) is 20.8 Å². The van der Waals surface area contributed by atoms with E-state index in [0.717, 1.165) is 39.7 Å². The maximum atomic E-state index is 12.5. The molecule has 210 valence electrons. The monoisotopic (exact) mass is 559 g/mol. The first kappa shape index (κ1) is 26.9. The molecule has 5 aromatic rings. The summed E-state index contributed by atoms with van der Waals surface area (Å²) in [6, 6.07) is 25.3. The average Bonchev–Trinajstić information content (AvgIpc) is 3.04. The Kier molecular flexibility index (Phi) is 7.70. The van der Waals surface area contributed by atoms with Crippen LogP contribution in [0.4, 0.5) is 11.5 Å². The number of amides is 1. The molecule has 2 heterocycles. The lowest BCUT2D eigenvalue weighted by Gasteiger charge is -2.40. The quantitative estimate of drug-likeness (QED) is 0.178. The molecule has 0 saturated carbocycles. The number of ether oxygens (including phenoxy) is 3. The van der Waals surface area contributed by atoms with Gasteiger partial charge in [0.15, 0.2) is 17.2 Å². The Morgan fingerprint density at radius 1 is 0.881 bits per heavy atom. The van der Waals surface area contributed by atoms with E-state index in [-0.39, 0.29) is 6.61 Å². The third-order valence-corrected chi connectivity index (χ3v) is 7.25. The topological polar surface area (TPSA) is 80.3 Å². The molecule has 4 aromatic carbocycles. The van der Waals surface area contributed by atoms with Crippen LogP contribution in [0.5, 0.6) is 23.0 Å². The van der Waals surface area contributed by atoms with Crippen LogP contribution in [0.25, 0.3) is 21.7 Å². The van der Waals surface area contributed by atoms with Gasteiger partial charge in [-0.1, -0.05) is 54.5 Å². The molecule has 1 aliphatic heterocycles. The van der Waals surface area contributed by atoms with E-state index < -0.39 is 0 Å². The van der Waals surface area contributed by atoms with Crippen LogP contribution in [-0.4, -0.2) is 61.3 Å². The maximum absolute atomic E-state index is 12.5. The number of carbonyl (C=O) groups is 1. The fraction of sp³-hybridized carbons (Fsp3) is 0.182. The fourth-order valence-corrected chi connectivity index (χ4v) is 5.23. The number of hydrogen-bond acceptors (Lipinski definition) is 8. The molecule has 42 heavy (non-hydrogen) atoms. The van der Waals surface area contributed by atoms with Crippen LogP contribution in [0.15, 0.2) is 85.2 Å². The summed E-state index contributed by atoms with van der Waals surface area (Å²) in [6.07, 6.45) is 7.74. The molecule has 0 radical (unpaired) electrons. The van der Waals surface area contributed by atoms with E-state index in [1.54, 1.807) is 18.4 Å². The second kappa shape index (κ2) is 12.0. The van der Waals surface area contributed by atoms with Crippen LogP contribution in [0, 0.1) is 12.3 Å². The zero-order valence-corrected chi connectivity index (χ0v) is 23.1. The number of para-hydroxylation sites is 2. The molecule has 0 atom stereocenters. The molecule has 9 nitrogen and oxygen atoms in total. The van der Waals surface area contributed by atoms with Crippen LogP contribution in [0.3, 0.4) is 0 Å². The first-order valence-electron chi connectivity index (χ1n) is 13.6. The van der Waals surface area contributed by atoms with Gasteiger partial charge in [-0.15, -0.1) is 6.42 Å². The fourth-order valence-electron chi connectivity index (χ4n) is 5.23. The Balaban J connectivity index is 1.23. The summed E-state index contributed by atoms with van der Waals surface area (Å²) < 4.78 is 17.6. The smallest absolute Gasteiger partial charge is 0.228 e. The zero-order valence-electron chi connectivity index (χ0n) is 23.1. The minimum atomic E-state index is 0.130. The molecule has 1 fully saturated rings. The summed E-state index contributed by atoms with van der Waals surface area (Å²) in [6.45, 7) is 2.59. The first-order chi connectivity index (χ1) is 20.7. The molecule has 1 aliphatic rings. The third kappa shape index (κ3) is 5.23. The van der Waals surface area contributed by atoms with Crippen molar-refractivity contribution >= 4 is 39.6 Å². The summed E-state index contributed by atoms with van der Waals surface area (Å²) in [7, 11) is 1.59. The summed E-state index contributed by atoms with van der Waals surface area (Å²) in [5, 5.41) is 6.59. The second-order valence-corrected chi connectivity index (χ2v) is 9.65. The SMILES string of the molecule is C#CCOc1cc2ncnc(N3CCN(N(C=O)c4ccccc4Oc4cccc5ccccc45)CC3)c2cc1OC. The number of benzene rings is 4. The van der Waals surface area contributed by atoms with Gasteiger partial charge in [-0.05, 0) is 29.7 Å². The molecule has 0 N–H and O–H groups in total. The van der Waals surface area contributed by atoms with Gasteiger partial charge in [-0.2, -0.15) is 0 Å². The zero-order chi connectivity index (χ0) is 28.9. The van der Waals surface area contributed by atoms with Crippen molar-refractivity contribution in [2.24, 2.45) is 0 Å². The van der Waals surface area contributed by atoms with Crippen LogP contribution >= 0.6 is 0 Å². The van der Waals surface area contributed by atoms with Gasteiger partial charge in [0, 0.05) is 43.0 Å². The minimum Gasteiger partial charge on any atom is -0.493 e. The molecule has 0 aliphatic carbocycles. The molecular weight excluding hydrogens is 530 g/mol. The van der Waals surface area contributed by atoms with Gasteiger partial charge in [-0.3, -0.25) is 4.79 Å². The lowest BCUT2D eigenvalue weighted by molar-refractivity contribution is -0.110. The summed E-state index contributed by atoms with van der Waals surface area (Å²) >= 11 is 0. The summed E-state index contributed by atoms with van der Waals surface area (Å²) in [4.78, 5) is 23.7. The Morgan fingerprint density at radius 3 is 2.45 bits per heavy atom. The Hall–Kier alpha value is -5.33. The van der Waals surface area contributed by atoms with Gasteiger partial charge in [0.05, 0.1) is 12.6 Å². The highest BCUT2D eigenvalue weighted by molar-refractivity contribution is 5.92. The van der Waals surface area contributed by atoms with Crippen LogP contribution < -0.4 is 24.1 Å². The van der Waals surface area contributed by atoms with E-state index in [9.17, 15) is 4.79 Å². The van der Waals surface area contributed by atoms with Crippen molar-refractivity contribution in [1.29, 1.82) is 0 Å². The molecule has 1 saturated heterocycles. The van der Waals surface area contributed by atoms with Crippen molar-refractivity contribution in [2.45, 2.75) is 0 Å². The van der Waals surface area contributed by atoms with Crippen molar-refractivity contribution in [1.82, 2.24) is 15.0 Å². The summed E-state index contributed by atoms with van der Waals surface area (Å²) in [5.74, 6) is 5.68. The number of nitrogens with zero attached hydrogens (tertiary/aromatic N) is 5. The van der Waals surface area contributed by atoms with E-state index >= 15 is 0 Å². The molecule has 1 amide bonds. The predicted octanol–water partition coefficient (Wildman–Crippen LogP) is 5.30. The van der Waals surface area contributed by atoms with Crippen LogP contribution in [-0.2, 0) is 4.79 Å². The maximum Gasteiger partial charge on any atom is 0.228 e. The van der Waals surface area contributed by atoms with Gasteiger partial charge in [0.25, 0.3) is 0 Å². The van der Waals surface area contributed by atoms with Crippen LogP contribution in [0.1, 0.15) is 0 Å². The molecule has 6 rings (SSSR count). The molecule has 0 spiro atoms. The number of fused-ring (bicyclic) bond motifs is 2. The number of hydrazine groups is 1. The normalized spacial score (nSPS) is 13.5. The van der Waals surface area contributed by atoms with Gasteiger partial charge in [0.2, 0.25) is 6.41 Å². The van der Waals surface area contributed by atoms with Crippen LogP contribution in [0.2, 0.25) is 0 Å². The van der Waals surface area contributed by atoms with Crippen molar-refractivity contribution in [3.63, 3.8) is 0 Å². The number of piperazine rings is 1. The van der Waals surface area contributed by atoms with E-state index in [1.807, 2.05) is 83.9 Å². The number of rotatable bonds is 9. The Bertz CT molecular complexity index is 1770. The molecule has 0 bridgehead atoms. The highest BCUT2D eigenvalue weighted by Gasteiger charge is 2.26. The van der Waals surface area contributed by atoms with E-state index in [0.29, 0.717) is 49.1 Å². The second-order valence-electron chi connectivity index (χ2n) is 9.65. The van der Waals surface area contributed by atoms with Gasteiger partial charge >= 0.3 is 0 Å². The number of methoxy groups -OCH3 is 1. The number of terminal acetylenes is 1. The molecular formula is C33H29N5O4. The number of carbonyl (C=O) groups excluding carboxylic acids is 1. The molecule has 9 heteroatoms. The minimum absolute atomic E-state index is 0.130. The predicted molar refractivity (Wildman–Crippen MR) is 163 cm³/mol. The first-order valence-corrected chi connectivity index (χ1v) is 13.6. The van der Waals surface area contributed by atoms with Crippen molar-refractivity contribution < 1.29 is 19.0 Å². The van der Waals surface area contributed by atoms with Crippen molar-refractivity contribution in [2.75, 3.05) is 49.8 Å². The van der Waals surface area contributed by atoms with Crippen molar-refractivity contribution in [3.8, 4) is 35.3 Å². The molecule has 1 aromatic heterocycles. The number of aromatic nitrogens is 2. The third-order valence-electron chi connectivity index (χ3n) is 7.25. The highest BCUT2D eigenvalue weighted by atomic mass is 16.5. The van der Waals surface area contributed by atoms with Gasteiger partial charge in [-0.25, -0.2) is 20.0 Å². The van der Waals surface area contributed by atoms with Gasteiger partial charge < -0.3 is 19.1 Å². The van der Waals surface area contributed by atoms with Crippen molar-refractivity contribution in [3.05, 3.63) is 85.2 Å². The number of anilines is 2. The molecule has 0 unspecified atom stereocenters.